The van der Waals surface area contributed by atoms with Crippen LogP contribution in [-0.2, 0) is 9.53 Å². The van der Waals surface area contributed by atoms with E-state index in [2.05, 4.69) is 20.5 Å². The first-order chi connectivity index (χ1) is 19.1. The van der Waals surface area contributed by atoms with Gasteiger partial charge in [0.15, 0.2) is 11.0 Å². The maximum atomic E-state index is 12.8. The van der Waals surface area contributed by atoms with E-state index in [0.717, 1.165) is 27.9 Å². The second-order valence-corrected chi connectivity index (χ2v) is 9.39. The number of anilines is 1. The van der Waals surface area contributed by atoms with Gasteiger partial charge in [0.25, 0.3) is 0 Å². The number of nitrogens with one attached hydrogen (secondary N) is 2. The number of aromatic amines is 1. The number of amides is 1. The maximum absolute atomic E-state index is 12.8. The molecule has 0 aliphatic heterocycles. The molecule has 39 heavy (non-hydrogen) atoms. The average Bonchev–Trinajstić information content (AvgIpc) is 3.57. The molecule has 5 rings (SSSR count). The minimum atomic E-state index is -0.398. The summed E-state index contributed by atoms with van der Waals surface area (Å²) in [5, 5.41) is 13.4. The lowest BCUT2D eigenvalue weighted by Gasteiger charge is -2.11. The van der Waals surface area contributed by atoms with E-state index in [1.807, 2.05) is 66.2 Å². The molecule has 0 atom stereocenters. The number of ether oxygens (including phenoxy) is 2. The molecule has 0 saturated carbocycles. The first kappa shape index (κ1) is 26.1. The maximum Gasteiger partial charge on any atom is 0.338 e. The lowest BCUT2D eigenvalue weighted by atomic mass is 10.1. The van der Waals surface area contributed by atoms with Gasteiger partial charge in [-0.1, -0.05) is 30.0 Å². The molecule has 3 aromatic carbocycles. The largest absolute Gasteiger partial charge is 0.494 e. The number of fused-ring (bicyclic) bond motifs is 1. The zero-order valence-corrected chi connectivity index (χ0v) is 22.3. The molecule has 0 fully saturated rings. The Morgan fingerprint density at radius 3 is 2.46 bits per heavy atom. The number of H-pyrrole nitrogens is 1. The molecule has 0 spiro atoms. The highest BCUT2D eigenvalue weighted by atomic mass is 32.2. The Kier molecular flexibility index (Phi) is 7.93. The summed E-state index contributed by atoms with van der Waals surface area (Å²) in [5.74, 6) is 0.937. The molecule has 5 aromatic rings. The molecule has 0 saturated heterocycles. The predicted molar refractivity (Wildman–Crippen MR) is 152 cm³/mol. The molecule has 2 heterocycles. The smallest absolute Gasteiger partial charge is 0.338 e. The van der Waals surface area contributed by atoms with Gasteiger partial charge in [0.2, 0.25) is 5.91 Å². The van der Waals surface area contributed by atoms with Crippen molar-refractivity contribution in [3.8, 4) is 22.8 Å². The topological polar surface area (TPSA) is 111 Å². The third kappa shape index (κ3) is 5.80. The van der Waals surface area contributed by atoms with Gasteiger partial charge in [0.05, 0.1) is 24.5 Å². The second-order valence-electron chi connectivity index (χ2n) is 8.45. The minimum Gasteiger partial charge on any atom is -0.494 e. The van der Waals surface area contributed by atoms with E-state index in [0.29, 0.717) is 35.4 Å². The van der Waals surface area contributed by atoms with Crippen molar-refractivity contribution in [1.82, 2.24) is 19.7 Å². The van der Waals surface area contributed by atoms with E-state index in [1.165, 1.54) is 11.8 Å². The molecule has 2 aromatic heterocycles. The van der Waals surface area contributed by atoms with Gasteiger partial charge in [-0.2, -0.15) is 0 Å². The van der Waals surface area contributed by atoms with Crippen molar-refractivity contribution < 1.29 is 19.1 Å². The van der Waals surface area contributed by atoms with Gasteiger partial charge in [-0.25, -0.2) is 4.79 Å². The summed E-state index contributed by atoms with van der Waals surface area (Å²) in [6, 6.07) is 22.3. The molecule has 2 N–H and O–H groups in total. The number of carbonyl (C=O) groups excluding carboxylic acids is 2. The number of nitrogens with zero attached hydrogens (tertiary/aromatic N) is 3. The van der Waals surface area contributed by atoms with Crippen LogP contribution < -0.4 is 10.1 Å². The number of esters is 1. The van der Waals surface area contributed by atoms with Gasteiger partial charge >= 0.3 is 5.97 Å². The Labute approximate surface area is 229 Å². The van der Waals surface area contributed by atoms with Gasteiger partial charge in [-0.15, -0.1) is 10.2 Å². The van der Waals surface area contributed by atoms with E-state index >= 15 is 0 Å². The van der Waals surface area contributed by atoms with Crippen LogP contribution in [0.15, 0.2) is 84.1 Å². The Morgan fingerprint density at radius 2 is 1.72 bits per heavy atom. The van der Waals surface area contributed by atoms with Crippen LogP contribution in [0, 0.1) is 0 Å². The van der Waals surface area contributed by atoms with E-state index in [1.54, 1.807) is 31.2 Å². The molecular weight excluding hydrogens is 514 g/mol. The molecule has 0 aliphatic rings. The zero-order valence-electron chi connectivity index (χ0n) is 21.5. The number of rotatable bonds is 10. The SMILES string of the molecule is CCOC(=O)c1ccc(NC(=O)CSc2nnc(-c3c[nH]c4ccccc34)n2-c2ccc(OCC)cc2)cc1. The second kappa shape index (κ2) is 11.9. The van der Waals surface area contributed by atoms with Gasteiger partial charge < -0.3 is 19.8 Å². The summed E-state index contributed by atoms with van der Waals surface area (Å²) in [6.07, 6.45) is 1.92. The highest BCUT2D eigenvalue weighted by Gasteiger charge is 2.20. The number of benzene rings is 3. The summed E-state index contributed by atoms with van der Waals surface area (Å²) >= 11 is 1.28. The number of aromatic nitrogens is 4. The summed E-state index contributed by atoms with van der Waals surface area (Å²) in [6.45, 7) is 4.58. The van der Waals surface area contributed by atoms with E-state index in [4.69, 9.17) is 9.47 Å². The Bertz CT molecular complexity index is 1590. The van der Waals surface area contributed by atoms with Crippen LogP contribution >= 0.6 is 11.8 Å². The van der Waals surface area contributed by atoms with E-state index in [-0.39, 0.29) is 11.7 Å². The fourth-order valence-electron chi connectivity index (χ4n) is 4.12. The number of hydrogen-bond acceptors (Lipinski definition) is 7. The van der Waals surface area contributed by atoms with Crippen molar-refractivity contribution >= 4 is 40.2 Å². The average molecular weight is 542 g/mol. The normalized spacial score (nSPS) is 10.9. The number of para-hydroxylation sites is 1. The Hall–Kier alpha value is -4.57. The fourth-order valence-corrected chi connectivity index (χ4v) is 4.87. The number of carbonyl (C=O) groups is 2. The third-order valence-electron chi connectivity index (χ3n) is 5.88. The summed E-state index contributed by atoms with van der Waals surface area (Å²) < 4.78 is 12.6. The molecule has 198 valence electrons. The van der Waals surface area contributed by atoms with E-state index in [9.17, 15) is 9.59 Å². The molecular formula is C29H27N5O4S. The monoisotopic (exact) mass is 541 g/mol. The van der Waals surface area contributed by atoms with Crippen molar-refractivity contribution in [2.24, 2.45) is 0 Å². The standard InChI is InChI=1S/C29H27N5O4S/c1-3-37-22-15-13-21(14-16-22)34-27(24-17-30-25-8-6-5-7-23(24)25)32-33-29(34)39-18-26(35)31-20-11-9-19(10-12-20)28(36)38-4-2/h5-17,30H,3-4,18H2,1-2H3,(H,31,35). The van der Waals surface area contributed by atoms with Gasteiger partial charge in [-0.05, 0) is 68.4 Å². The van der Waals surface area contributed by atoms with Crippen LogP contribution in [0.1, 0.15) is 24.2 Å². The minimum absolute atomic E-state index is 0.114. The summed E-state index contributed by atoms with van der Waals surface area (Å²) in [5.41, 5.74) is 3.76. The van der Waals surface area contributed by atoms with Crippen LogP contribution in [-0.4, -0.2) is 50.6 Å². The van der Waals surface area contributed by atoms with Crippen molar-refractivity contribution in [3.05, 3.63) is 84.6 Å². The molecule has 0 unspecified atom stereocenters. The molecule has 0 bridgehead atoms. The van der Waals surface area contributed by atoms with Crippen LogP contribution in [0.25, 0.3) is 28.0 Å². The fraction of sp³-hybridized carbons (Fsp3) is 0.172. The van der Waals surface area contributed by atoms with Crippen molar-refractivity contribution in [2.45, 2.75) is 19.0 Å². The lowest BCUT2D eigenvalue weighted by molar-refractivity contribution is -0.113. The highest BCUT2D eigenvalue weighted by molar-refractivity contribution is 7.99. The van der Waals surface area contributed by atoms with E-state index < -0.39 is 5.97 Å². The molecule has 1 amide bonds. The predicted octanol–water partition coefficient (Wildman–Crippen LogP) is 5.72. The Morgan fingerprint density at radius 1 is 0.949 bits per heavy atom. The molecule has 0 aliphatic carbocycles. The van der Waals surface area contributed by atoms with Gasteiger partial charge in [0, 0.05) is 34.0 Å². The quantitative estimate of drug-likeness (QED) is 0.172. The number of thioether (sulfide) groups is 1. The van der Waals surface area contributed by atoms with Crippen molar-refractivity contribution in [2.75, 3.05) is 24.3 Å². The Balaban J connectivity index is 1.38. The highest BCUT2D eigenvalue weighted by Crippen LogP contribution is 2.33. The molecule has 10 heteroatoms. The lowest BCUT2D eigenvalue weighted by Crippen LogP contribution is -2.15. The van der Waals surface area contributed by atoms with Crippen molar-refractivity contribution in [3.63, 3.8) is 0 Å². The van der Waals surface area contributed by atoms with Gasteiger partial charge in [-0.3, -0.25) is 9.36 Å². The van der Waals surface area contributed by atoms with Crippen molar-refractivity contribution in [1.29, 1.82) is 0 Å². The number of hydrogen-bond donors (Lipinski definition) is 2. The first-order valence-corrected chi connectivity index (χ1v) is 13.5. The van der Waals surface area contributed by atoms with Crippen LogP contribution in [0.5, 0.6) is 5.75 Å². The van der Waals surface area contributed by atoms with Crippen LogP contribution in [0.2, 0.25) is 0 Å². The van der Waals surface area contributed by atoms with Crippen LogP contribution in [0.3, 0.4) is 0 Å². The molecule has 0 radical (unpaired) electrons. The molecule has 9 nitrogen and oxygen atoms in total. The summed E-state index contributed by atoms with van der Waals surface area (Å²) in [7, 11) is 0. The zero-order chi connectivity index (χ0) is 27.2. The van der Waals surface area contributed by atoms with Gasteiger partial charge in [0.1, 0.15) is 5.75 Å². The first-order valence-electron chi connectivity index (χ1n) is 12.5. The van der Waals surface area contributed by atoms with Crippen LogP contribution in [0.4, 0.5) is 5.69 Å². The summed E-state index contributed by atoms with van der Waals surface area (Å²) in [4.78, 5) is 27.9. The third-order valence-corrected chi connectivity index (χ3v) is 6.81.